The van der Waals surface area contributed by atoms with Crippen LogP contribution in [0.4, 0.5) is 0 Å². The lowest BCUT2D eigenvalue weighted by Gasteiger charge is -2.31. The van der Waals surface area contributed by atoms with Gasteiger partial charge >= 0.3 is 0 Å². The number of nitrogens with zero attached hydrogens (tertiary/aromatic N) is 2. The maximum Gasteiger partial charge on any atom is 0.213 e. The standard InChI is InChI=1S/C15H24N2O3S2/c1-2-22(18,19)17-7-8-20-13-15(12-17)5-6-16(11-15)10-14-4-3-9-21-14/h3-4,9H,2,5-8,10-13H2,1H3. The first-order valence-electron chi connectivity index (χ1n) is 7.83. The van der Waals surface area contributed by atoms with Crippen molar-refractivity contribution < 1.29 is 13.2 Å². The molecule has 7 heteroatoms. The summed E-state index contributed by atoms with van der Waals surface area (Å²) >= 11 is 1.78. The Morgan fingerprint density at radius 1 is 1.36 bits per heavy atom. The number of hydrogen-bond donors (Lipinski definition) is 0. The molecular weight excluding hydrogens is 320 g/mol. The third kappa shape index (κ3) is 3.54. The van der Waals surface area contributed by atoms with Crippen molar-refractivity contribution in [1.82, 2.24) is 9.21 Å². The molecule has 1 aromatic heterocycles. The molecule has 2 aliphatic heterocycles. The summed E-state index contributed by atoms with van der Waals surface area (Å²) in [6.45, 7) is 6.87. The summed E-state index contributed by atoms with van der Waals surface area (Å²) in [6.07, 6.45) is 1.01. The Bertz CT molecular complexity index is 588. The molecule has 0 N–H and O–H groups in total. The zero-order valence-corrected chi connectivity index (χ0v) is 14.7. The van der Waals surface area contributed by atoms with E-state index in [-0.39, 0.29) is 11.2 Å². The molecule has 0 aromatic carbocycles. The molecule has 0 radical (unpaired) electrons. The lowest BCUT2D eigenvalue weighted by atomic mass is 9.88. The van der Waals surface area contributed by atoms with Crippen molar-refractivity contribution >= 4 is 21.4 Å². The maximum atomic E-state index is 12.2. The highest BCUT2D eigenvalue weighted by atomic mass is 32.2. The monoisotopic (exact) mass is 344 g/mol. The Labute approximate surface area is 136 Å². The lowest BCUT2D eigenvalue weighted by Crippen LogP contribution is -2.43. The molecule has 124 valence electrons. The van der Waals surface area contributed by atoms with Crippen molar-refractivity contribution in [3.63, 3.8) is 0 Å². The van der Waals surface area contributed by atoms with Crippen LogP contribution in [0.1, 0.15) is 18.2 Å². The lowest BCUT2D eigenvalue weighted by molar-refractivity contribution is 0.0722. The van der Waals surface area contributed by atoms with E-state index < -0.39 is 10.0 Å². The highest BCUT2D eigenvalue weighted by Gasteiger charge is 2.43. The van der Waals surface area contributed by atoms with Crippen molar-refractivity contribution in [3.05, 3.63) is 22.4 Å². The highest BCUT2D eigenvalue weighted by molar-refractivity contribution is 7.89. The Balaban J connectivity index is 1.69. The summed E-state index contributed by atoms with van der Waals surface area (Å²) in [7, 11) is -3.14. The topological polar surface area (TPSA) is 49.9 Å². The predicted molar refractivity (Wildman–Crippen MR) is 88.5 cm³/mol. The number of thiophene rings is 1. The minimum absolute atomic E-state index is 0.0456. The number of likely N-dealkylation sites (tertiary alicyclic amines) is 1. The van der Waals surface area contributed by atoms with Crippen LogP contribution in [-0.4, -0.2) is 62.8 Å². The van der Waals surface area contributed by atoms with Gasteiger partial charge in [-0.1, -0.05) is 6.07 Å². The first-order valence-corrected chi connectivity index (χ1v) is 10.3. The molecule has 2 fully saturated rings. The molecule has 2 saturated heterocycles. The average Bonchev–Trinajstić information content (AvgIpc) is 3.07. The van der Waals surface area contributed by atoms with Gasteiger partial charge in [-0.05, 0) is 31.3 Å². The number of sulfonamides is 1. The van der Waals surface area contributed by atoms with E-state index in [1.54, 1.807) is 22.6 Å². The van der Waals surface area contributed by atoms with E-state index >= 15 is 0 Å². The van der Waals surface area contributed by atoms with Gasteiger partial charge < -0.3 is 4.74 Å². The van der Waals surface area contributed by atoms with Crippen LogP contribution >= 0.6 is 11.3 Å². The molecule has 2 aliphatic rings. The second kappa shape index (κ2) is 6.57. The zero-order chi connectivity index (χ0) is 15.6. The molecule has 0 amide bonds. The van der Waals surface area contributed by atoms with Gasteiger partial charge in [0.25, 0.3) is 0 Å². The van der Waals surface area contributed by atoms with Crippen LogP contribution in [-0.2, 0) is 21.3 Å². The van der Waals surface area contributed by atoms with Gasteiger partial charge in [-0.3, -0.25) is 4.90 Å². The van der Waals surface area contributed by atoms with Crippen LogP contribution in [0.5, 0.6) is 0 Å². The second-order valence-electron chi connectivity index (χ2n) is 6.33. The molecule has 3 heterocycles. The van der Waals surface area contributed by atoms with Crippen molar-refractivity contribution in [3.8, 4) is 0 Å². The first kappa shape index (κ1) is 16.4. The minimum Gasteiger partial charge on any atom is -0.379 e. The molecule has 0 bridgehead atoms. The molecule has 1 unspecified atom stereocenters. The third-order valence-corrected chi connectivity index (χ3v) is 7.33. The zero-order valence-electron chi connectivity index (χ0n) is 13.0. The summed E-state index contributed by atoms with van der Waals surface area (Å²) in [5.41, 5.74) is -0.0456. The molecule has 1 atom stereocenters. The number of hydrogen-bond acceptors (Lipinski definition) is 5. The molecule has 3 rings (SSSR count). The number of rotatable bonds is 4. The minimum atomic E-state index is -3.14. The van der Waals surface area contributed by atoms with E-state index in [1.165, 1.54) is 4.88 Å². The predicted octanol–water partition coefficient (Wildman–Crippen LogP) is 1.62. The summed E-state index contributed by atoms with van der Waals surface area (Å²) in [4.78, 5) is 3.79. The van der Waals surface area contributed by atoms with Crippen molar-refractivity contribution in [2.45, 2.75) is 19.9 Å². The van der Waals surface area contributed by atoms with Crippen LogP contribution in [0.15, 0.2) is 17.5 Å². The van der Waals surface area contributed by atoms with Crippen LogP contribution in [0.3, 0.4) is 0 Å². The van der Waals surface area contributed by atoms with Gasteiger partial charge in [-0.25, -0.2) is 8.42 Å². The van der Waals surface area contributed by atoms with Gasteiger partial charge in [0, 0.05) is 36.5 Å². The highest BCUT2D eigenvalue weighted by Crippen LogP contribution is 2.35. The Hall–Kier alpha value is -0.470. The van der Waals surface area contributed by atoms with E-state index in [0.717, 1.165) is 26.1 Å². The fourth-order valence-corrected chi connectivity index (χ4v) is 5.34. The molecule has 0 saturated carbocycles. The van der Waals surface area contributed by atoms with Crippen molar-refractivity contribution in [2.24, 2.45) is 5.41 Å². The molecule has 1 spiro atoms. The van der Waals surface area contributed by atoms with Crippen LogP contribution in [0.25, 0.3) is 0 Å². The Kier molecular flexibility index (Phi) is 4.89. The van der Waals surface area contributed by atoms with Gasteiger partial charge in [0.1, 0.15) is 0 Å². The quantitative estimate of drug-likeness (QED) is 0.833. The van der Waals surface area contributed by atoms with Crippen LogP contribution in [0.2, 0.25) is 0 Å². The molecular formula is C15H24N2O3S2. The van der Waals surface area contributed by atoms with E-state index in [9.17, 15) is 8.42 Å². The van der Waals surface area contributed by atoms with E-state index in [1.807, 2.05) is 0 Å². The van der Waals surface area contributed by atoms with Gasteiger partial charge in [0.15, 0.2) is 0 Å². The Morgan fingerprint density at radius 2 is 2.23 bits per heavy atom. The van der Waals surface area contributed by atoms with Gasteiger partial charge in [0.05, 0.1) is 19.0 Å². The summed E-state index contributed by atoms with van der Waals surface area (Å²) in [6, 6.07) is 4.24. The Morgan fingerprint density at radius 3 is 2.95 bits per heavy atom. The second-order valence-corrected chi connectivity index (χ2v) is 9.62. The van der Waals surface area contributed by atoms with E-state index in [0.29, 0.717) is 26.3 Å². The fourth-order valence-electron chi connectivity index (χ4n) is 3.41. The summed E-state index contributed by atoms with van der Waals surface area (Å²) < 4.78 is 31.9. The van der Waals surface area contributed by atoms with Crippen LogP contribution in [0, 0.1) is 5.41 Å². The summed E-state index contributed by atoms with van der Waals surface area (Å²) in [5, 5.41) is 2.10. The molecule has 0 aliphatic carbocycles. The smallest absolute Gasteiger partial charge is 0.213 e. The molecule has 5 nitrogen and oxygen atoms in total. The SMILES string of the molecule is CCS(=O)(=O)N1CCOCC2(CCN(Cc3cccs3)C2)C1. The van der Waals surface area contributed by atoms with E-state index in [2.05, 4.69) is 22.4 Å². The molecule has 1 aromatic rings. The van der Waals surface area contributed by atoms with Gasteiger partial charge in [-0.15, -0.1) is 11.3 Å². The fraction of sp³-hybridized carbons (Fsp3) is 0.733. The maximum absolute atomic E-state index is 12.2. The third-order valence-electron chi connectivity index (χ3n) is 4.64. The van der Waals surface area contributed by atoms with Gasteiger partial charge in [-0.2, -0.15) is 4.31 Å². The number of ether oxygens (including phenoxy) is 1. The van der Waals surface area contributed by atoms with Gasteiger partial charge in [0.2, 0.25) is 10.0 Å². The molecule has 22 heavy (non-hydrogen) atoms. The van der Waals surface area contributed by atoms with Crippen molar-refractivity contribution in [2.75, 3.05) is 45.1 Å². The van der Waals surface area contributed by atoms with Crippen molar-refractivity contribution in [1.29, 1.82) is 0 Å². The first-order chi connectivity index (χ1) is 10.5. The largest absolute Gasteiger partial charge is 0.379 e. The normalized spacial score (nSPS) is 28.2. The average molecular weight is 345 g/mol. The van der Waals surface area contributed by atoms with E-state index in [4.69, 9.17) is 4.74 Å². The van der Waals surface area contributed by atoms with Crippen LogP contribution < -0.4 is 0 Å². The summed E-state index contributed by atoms with van der Waals surface area (Å²) in [5.74, 6) is 0.169.